The Morgan fingerprint density at radius 3 is 1.91 bits per heavy atom. The zero-order chi connectivity index (χ0) is 9.07. The van der Waals surface area contributed by atoms with Crippen LogP contribution in [0.5, 0.6) is 0 Å². The molecular formula is C9H20OSi. The summed E-state index contributed by atoms with van der Waals surface area (Å²) in [6, 6.07) is 0. The van der Waals surface area contributed by atoms with Crippen molar-refractivity contribution in [1.82, 2.24) is 0 Å². The maximum atomic E-state index is 5.81. The van der Waals surface area contributed by atoms with Gasteiger partial charge in [0.25, 0.3) is 0 Å². The molecule has 0 rings (SSSR count). The lowest BCUT2D eigenvalue weighted by atomic mass is 10.2. The Labute approximate surface area is 71.6 Å². The first-order chi connectivity index (χ1) is 4.87. The first-order valence-corrected chi connectivity index (χ1v) is 7.63. The molecule has 0 unspecified atom stereocenters. The molecule has 0 aromatic heterocycles. The first kappa shape index (κ1) is 10.8. The van der Waals surface area contributed by atoms with Crippen LogP contribution in [0.4, 0.5) is 0 Å². The van der Waals surface area contributed by atoms with Gasteiger partial charge in [0.05, 0.1) is 5.76 Å². The second-order valence-corrected chi connectivity index (χ2v) is 8.33. The van der Waals surface area contributed by atoms with Crippen LogP contribution in [0.3, 0.4) is 0 Å². The van der Waals surface area contributed by atoms with Crippen molar-refractivity contribution in [2.24, 2.45) is 0 Å². The Morgan fingerprint density at radius 1 is 1.18 bits per heavy atom. The second kappa shape index (κ2) is 3.95. The minimum atomic E-state index is -1.36. The van der Waals surface area contributed by atoms with Crippen LogP contribution in [0, 0.1) is 0 Å². The maximum Gasteiger partial charge on any atom is 0.241 e. The van der Waals surface area contributed by atoms with Gasteiger partial charge in [0.15, 0.2) is 0 Å². The Bertz CT molecular complexity index is 153. The molecule has 0 N–H and O–H groups in total. The lowest BCUT2D eigenvalue weighted by molar-refractivity contribution is 0.415. The molecular weight excluding hydrogens is 152 g/mol. The highest BCUT2D eigenvalue weighted by Gasteiger charge is 2.16. The van der Waals surface area contributed by atoms with Crippen LogP contribution in [-0.4, -0.2) is 8.32 Å². The summed E-state index contributed by atoms with van der Waals surface area (Å²) in [7, 11) is -1.36. The standard InChI is InChI=1S/C9H20OSi/c1-7-8(2)9(3)10-11(4,5)6/h7H2,1-6H3/b9-8-. The summed E-state index contributed by atoms with van der Waals surface area (Å²) in [5.74, 6) is 1.13. The van der Waals surface area contributed by atoms with Crippen LogP contribution in [0.25, 0.3) is 0 Å². The molecule has 1 nitrogen and oxygen atoms in total. The van der Waals surface area contributed by atoms with Crippen molar-refractivity contribution in [3.8, 4) is 0 Å². The molecule has 0 fully saturated rings. The summed E-state index contributed by atoms with van der Waals surface area (Å²) < 4.78 is 5.81. The van der Waals surface area contributed by atoms with Crippen molar-refractivity contribution in [3.63, 3.8) is 0 Å². The normalized spacial score (nSPS) is 14.4. The van der Waals surface area contributed by atoms with Crippen LogP contribution in [0.15, 0.2) is 11.3 Å². The molecule has 0 atom stereocenters. The van der Waals surface area contributed by atoms with Crippen molar-refractivity contribution in [3.05, 3.63) is 11.3 Å². The lowest BCUT2D eigenvalue weighted by Crippen LogP contribution is -2.24. The van der Waals surface area contributed by atoms with Crippen LogP contribution < -0.4 is 0 Å². The molecule has 0 amide bonds. The minimum Gasteiger partial charge on any atom is -0.548 e. The van der Waals surface area contributed by atoms with E-state index in [-0.39, 0.29) is 0 Å². The summed E-state index contributed by atoms with van der Waals surface area (Å²) in [6.07, 6.45) is 1.09. The van der Waals surface area contributed by atoms with E-state index in [4.69, 9.17) is 4.43 Å². The van der Waals surface area contributed by atoms with Crippen molar-refractivity contribution in [2.75, 3.05) is 0 Å². The van der Waals surface area contributed by atoms with Gasteiger partial charge in [-0.3, -0.25) is 0 Å². The first-order valence-electron chi connectivity index (χ1n) is 4.22. The van der Waals surface area contributed by atoms with E-state index >= 15 is 0 Å². The van der Waals surface area contributed by atoms with Crippen molar-refractivity contribution >= 4 is 8.32 Å². The summed E-state index contributed by atoms with van der Waals surface area (Å²) in [5.41, 5.74) is 1.37. The van der Waals surface area contributed by atoms with Gasteiger partial charge in [0.1, 0.15) is 0 Å². The summed E-state index contributed by atoms with van der Waals surface area (Å²) in [5, 5.41) is 0. The quantitative estimate of drug-likeness (QED) is 0.467. The molecule has 0 saturated carbocycles. The molecule has 0 saturated heterocycles. The third-order valence-electron chi connectivity index (χ3n) is 1.59. The zero-order valence-corrected chi connectivity index (χ0v) is 9.62. The lowest BCUT2D eigenvalue weighted by Gasteiger charge is -2.21. The number of rotatable bonds is 3. The molecule has 2 heteroatoms. The van der Waals surface area contributed by atoms with Crippen molar-refractivity contribution in [2.45, 2.75) is 46.8 Å². The molecule has 0 aliphatic rings. The SMILES string of the molecule is CC/C(C)=C(/C)O[Si](C)(C)C. The molecule has 0 bridgehead atoms. The maximum absolute atomic E-state index is 5.81. The van der Waals surface area contributed by atoms with E-state index in [1.54, 1.807) is 0 Å². The Kier molecular flexibility index (Phi) is 3.87. The smallest absolute Gasteiger partial charge is 0.241 e. The average molecular weight is 172 g/mol. The molecule has 0 aliphatic carbocycles. The van der Waals surface area contributed by atoms with E-state index in [2.05, 4.69) is 40.4 Å². The highest BCUT2D eigenvalue weighted by atomic mass is 28.4. The van der Waals surface area contributed by atoms with Crippen LogP contribution in [-0.2, 0) is 4.43 Å². The largest absolute Gasteiger partial charge is 0.548 e. The second-order valence-electron chi connectivity index (χ2n) is 3.90. The van der Waals surface area contributed by atoms with Gasteiger partial charge in [-0.1, -0.05) is 6.92 Å². The molecule has 0 aromatic carbocycles. The highest BCUT2D eigenvalue weighted by molar-refractivity contribution is 6.70. The molecule has 0 aromatic rings. The monoisotopic (exact) mass is 172 g/mol. The molecule has 0 aliphatic heterocycles. The fraction of sp³-hybridized carbons (Fsp3) is 0.778. The third-order valence-corrected chi connectivity index (χ3v) is 2.51. The summed E-state index contributed by atoms with van der Waals surface area (Å²) in [6.45, 7) is 13.0. The van der Waals surface area contributed by atoms with Crippen LogP contribution in [0.1, 0.15) is 27.2 Å². The van der Waals surface area contributed by atoms with Crippen LogP contribution >= 0.6 is 0 Å². The van der Waals surface area contributed by atoms with Gasteiger partial charge in [0.2, 0.25) is 8.32 Å². The van der Waals surface area contributed by atoms with Crippen LogP contribution in [0.2, 0.25) is 19.6 Å². The van der Waals surface area contributed by atoms with Gasteiger partial charge in [0, 0.05) is 0 Å². The topological polar surface area (TPSA) is 9.23 Å². The Hall–Kier alpha value is -0.243. The number of hydrogen-bond donors (Lipinski definition) is 0. The van der Waals surface area contributed by atoms with E-state index in [1.165, 1.54) is 5.57 Å². The van der Waals surface area contributed by atoms with Crippen molar-refractivity contribution < 1.29 is 4.43 Å². The molecule has 0 radical (unpaired) electrons. The molecule has 0 spiro atoms. The minimum absolute atomic E-state index is 1.09. The average Bonchev–Trinajstić information content (AvgIpc) is 1.82. The van der Waals surface area contributed by atoms with Gasteiger partial charge in [-0.15, -0.1) is 0 Å². The van der Waals surface area contributed by atoms with Gasteiger partial charge in [-0.05, 0) is 45.5 Å². The Balaban J connectivity index is 4.17. The molecule has 11 heavy (non-hydrogen) atoms. The van der Waals surface area contributed by atoms with E-state index in [9.17, 15) is 0 Å². The predicted molar refractivity (Wildman–Crippen MR) is 53.1 cm³/mol. The fourth-order valence-corrected chi connectivity index (χ4v) is 1.89. The summed E-state index contributed by atoms with van der Waals surface area (Å²) in [4.78, 5) is 0. The van der Waals surface area contributed by atoms with Gasteiger partial charge in [-0.25, -0.2) is 0 Å². The van der Waals surface area contributed by atoms with Crippen molar-refractivity contribution in [1.29, 1.82) is 0 Å². The van der Waals surface area contributed by atoms with Gasteiger partial charge >= 0.3 is 0 Å². The van der Waals surface area contributed by atoms with Gasteiger partial charge < -0.3 is 4.43 Å². The third kappa shape index (κ3) is 5.07. The zero-order valence-electron chi connectivity index (χ0n) is 8.62. The predicted octanol–water partition coefficient (Wildman–Crippen LogP) is 3.54. The highest BCUT2D eigenvalue weighted by Crippen LogP contribution is 2.14. The van der Waals surface area contributed by atoms with Gasteiger partial charge in [-0.2, -0.15) is 0 Å². The van der Waals surface area contributed by atoms with E-state index < -0.39 is 8.32 Å². The number of hydrogen-bond acceptors (Lipinski definition) is 1. The van der Waals surface area contributed by atoms with E-state index in [1.807, 2.05) is 0 Å². The molecule has 0 heterocycles. The van der Waals surface area contributed by atoms with E-state index in [0.29, 0.717) is 0 Å². The summed E-state index contributed by atoms with van der Waals surface area (Å²) >= 11 is 0. The Morgan fingerprint density at radius 2 is 1.64 bits per heavy atom. The van der Waals surface area contributed by atoms with E-state index in [0.717, 1.165) is 12.2 Å². The molecule has 66 valence electrons. The fourth-order valence-electron chi connectivity index (χ4n) is 0.795. The number of allylic oxidation sites excluding steroid dienone is 2.